The Morgan fingerprint density at radius 2 is 1.92 bits per heavy atom. The number of ether oxygens (including phenoxy) is 1. The van der Waals surface area contributed by atoms with Gasteiger partial charge in [-0.1, -0.05) is 30.4 Å². The van der Waals surface area contributed by atoms with Gasteiger partial charge in [-0.3, -0.25) is 9.78 Å². The van der Waals surface area contributed by atoms with Crippen molar-refractivity contribution in [2.45, 2.75) is 13.3 Å². The lowest BCUT2D eigenvalue weighted by Gasteiger charge is -2.03. The third-order valence-corrected chi connectivity index (χ3v) is 4.73. The lowest BCUT2D eigenvalue weighted by molar-refractivity contribution is 0.317. The predicted octanol–water partition coefficient (Wildman–Crippen LogP) is 2.55. The highest BCUT2D eigenvalue weighted by atomic mass is 32.1. The van der Waals surface area contributed by atoms with Gasteiger partial charge in [-0.05, 0) is 42.3 Å². The fraction of sp³-hybridized carbons (Fsp3) is 0.158. The summed E-state index contributed by atoms with van der Waals surface area (Å²) in [6.07, 6.45) is 6.17. The van der Waals surface area contributed by atoms with Crippen LogP contribution in [0.4, 0.5) is 0 Å². The van der Waals surface area contributed by atoms with Crippen LogP contribution in [0.2, 0.25) is 0 Å². The number of nitrogens with zero attached hydrogens (tertiary/aromatic N) is 4. The van der Waals surface area contributed by atoms with Crippen LogP contribution in [0.15, 0.2) is 53.6 Å². The molecule has 3 aromatic heterocycles. The summed E-state index contributed by atoms with van der Waals surface area (Å²) in [5.74, 6) is 1.36. The van der Waals surface area contributed by atoms with Gasteiger partial charge in [0.1, 0.15) is 5.75 Å². The van der Waals surface area contributed by atoms with Gasteiger partial charge in [-0.2, -0.15) is 9.50 Å². The number of thiazole rings is 1. The van der Waals surface area contributed by atoms with Gasteiger partial charge in [0.2, 0.25) is 4.96 Å². The first-order chi connectivity index (χ1) is 12.7. The van der Waals surface area contributed by atoms with Crippen LogP contribution in [0.25, 0.3) is 22.4 Å². The molecule has 130 valence electrons. The van der Waals surface area contributed by atoms with E-state index in [2.05, 4.69) is 22.0 Å². The summed E-state index contributed by atoms with van der Waals surface area (Å²) in [6.45, 7) is 2.76. The topological polar surface area (TPSA) is 69.4 Å². The Kier molecular flexibility index (Phi) is 4.45. The van der Waals surface area contributed by atoms with Gasteiger partial charge >= 0.3 is 0 Å². The highest BCUT2D eigenvalue weighted by molar-refractivity contribution is 7.15. The van der Waals surface area contributed by atoms with Crippen LogP contribution in [0.3, 0.4) is 0 Å². The fourth-order valence-electron chi connectivity index (χ4n) is 2.49. The van der Waals surface area contributed by atoms with Gasteiger partial charge in [0, 0.05) is 18.0 Å². The molecule has 0 aliphatic rings. The van der Waals surface area contributed by atoms with E-state index in [0.29, 0.717) is 21.9 Å². The molecule has 7 heteroatoms. The largest absolute Gasteiger partial charge is 0.494 e. The zero-order valence-electron chi connectivity index (χ0n) is 14.1. The molecule has 0 spiro atoms. The Hall–Kier alpha value is -3.06. The maximum absolute atomic E-state index is 12.6. The molecule has 0 aliphatic carbocycles. The lowest BCUT2D eigenvalue weighted by Crippen LogP contribution is -2.23. The molecular weight excluding hydrogens is 348 g/mol. The van der Waals surface area contributed by atoms with E-state index in [1.165, 1.54) is 15.9 Å². The summed E-state index contributed by atoms with van der Waals surface area (Å²) in [6, 6.07) is 11.3. The molecule has 4 rings (SSSR count). The monoisotopic (exact) mass is 364 g/mol. The molecule has 3 heterocycles. The molecule has 0 fully saturated rings. The van der Waals surface area contributed by atoms with E-state index >= 15 is 0 Å². The maximum Gasteiger partial charge on any atom is 0.291 e. The standard InChI is InChI=1S/C19H16N4O2S/c1-2-11-25-15-5-3-13(4-6-15)12-16-18(24)23-19(26-16)21-17(22-23)14-7-9-20-10-8-14/h3-10,12H,2,11H2,1H3/b16-12+. The molecule has 0 unspecified atom stereocenters. The molecule has 0 radical (unpaired) electrons. The first kappa shape index (κ1) is 16.4. The molecule has 0 bridgehead atoms. The van der Waals surface area contributed by atoms with Crippen molar-refractivity contribution in [1.29, 1.82) is 0 Å². The van der Waals surface area contributed by atoms with Gasteiger partial charge < -0.3 is 4.74 Å². The fourth-order valence-corrected chi connectivity index (χ4v) is 3.40. The summed E-state index contributed by atoms with van der Waals surface area (Å²) in [5.41, 5.74) is 1.61. The predicted molar refractivity (Wildman–Crippen MR) is 101 cm³/mol. The Labute approximate surface area is 153 Å². The first-order valence-corrected chi connectivity index (χ1v) is 9.11. The smallest absolute Gasteiger partial charge is 0.291 e. The van der Waals surface area contributed by atoms with E-state index in [9.17, 15) is 4.79 Å². The van der Waals surface area contributed by atoms with Gasteiger partial charge in [0.25, 0.3) is 5.56 Å². The van der Waals surface area contributed by atoms with E-state index in [0.717, 1.165) is 23.3 Å². The van der Waals surface area contributed by atoms with Crippen LogP contribution in [-0.2, 0) is 0 Å². The van der Waals surface area contributed by atoms with Crippen molar-refractivity contribution < 1.29 is 4.74 Å². The van der Waals surface area contributed by atoms with Crippen LogP contribution in [0, 0.1) is 0 Å². The number of pyridine rings is 1. The average Bonchev–Trinajstić information content (AvgIpc) is 3.22. The molecule has 0 atom stereocenters. The quantitative estimate of drug-likeness (QED) is 0.544. The Balaban J connectivity index is 1.67. The normalized spacial score (nSPS) is 12.0. The number of benzene rings is 1. The Bertz CT molecular complexity index is 1130. The number of hydrogen-bond acceptors (Lipinski definition) is 6. The second-order valence-corrected chi connectivity index (χ2v) is 6.71. The van der Waals surface area contributed by atoms with Crippen molar-refractivity contribution in [1.82, 2.24) is 19.6 Å². The minimum Gasteiger partial charge on any atom is -0.494 e. The zero-order chi connectivity index (χ0) is 17.9. The minimum absolute atomic E-state index is 0.163. The average molecular weight is 364 g/mol. The third-order valence-electron chi connectivity index (χ3n) is 3.77. The number of fused-ring (bicyclic) bond motifs is 1. The summed E-state index contributed by atoms with van der Waals surface area (Å²) in [4.78, 5) is 21.6. The summed E-state index contributed by atoms with van der Waals surface area (Å²) < 4.78 is 7.53. The SMILES string of the molecule is CCCOc1ccc(/C=c2/sc3nc(-c4ccncc4)nn3c2=O)cc1. The molecule has 0 saturated heterocycles. The van der Waals surface area contributed by atoms with Crippen LogP contribution in [0.1, 0.15) is 18.9 Å². The van der Waals surface area contributed by atoms with Crippen molar-refractivity contribution >= 4 is 22.4 Å². The molecule has 0 amide bonds. The summed E-state index contributed by atoms with van der Waals surface area (Å²) in [7, 11) is 0. The molecule has 0 aliphatic heterocycles. The second kappa shape index (κ2) is 7.05. The van der Waals surface area contributed by atoms with E-state index in [1.54, 1.807) is 12.4 Å². The molecule has 0 saturated carbocycles. The zero-order valence-corrected chi connectivity index (χ0v) is 14.9. The van der Waals surface area contributed by atoms with Crippen LogP contribution >= 0.6 is 11.3 Å². The number of aromatic nitrogens is 4. The van der Waals surface area contributed by atoms with Crippen LogP contribution in [0.5, 0.6) is 5.75 Å². The van der Waals surface area contributed by atoms with E-state index in [-0.39, 0.29) is 5.56 Å². The Morgan fingerprint density at radius 3 is 2.62 bits per heavy atom. The van der Waals surface area contributed by atoms with E-state index in [4.69, 9.17) is 4.74 Å². The Morgan fingerprint density at radius 1 is 1.15 bits per heavy atom. The first-order valence-electron chi connectivity index (χ1n) is 8.29. The molecule has 0 N–H and O–H groups in total. The second-order valence-electron chi connectivity index (χ2n) is 5.70. The number of rotatable bonds is 5. The van der Waals surface area contributed by atoms with Crippen molar-refractivity contribution in [2.24, 2.45) is 0 Å². The lowest BCUT2D eigenvalue weighted by atomic mass is 10.2. The molecule has 26 heavy (non-hydrogen) atoms. The van der Waals surface area contributed by atoms with Crippen molar-refractivity contribution in [3.05, 3.63) is 69.2 Å². The molecule has 4 aromatic rings. The molecular formula is C19H16N4O2S. The minimum atomic E-state index is -0.163. The third kappa shape index (κ3) is 3.21. The molecule has 1 aromatic carbocycles. The summed E-state index contributed by atoms with van der Waals surface area (Å²) >= 11 is 1.33. The van der Waals surface area contributed by atoms with Crippen molar-refractivity contribution in [3.63, 3.8) is 0 Å². The highest BCUT2D eigenvalue weighted by Crippen LogP contribution is 2.16. The van der Waals surface area contributed by atoms with Crippen molar-refractivity contribution in [2.75, 3.05) is 6.61 Å². The van der Waals surface area contributed by atoms with Gasteiger partial charge in [0.15, 0.2) is 5.82 Å². The van der Waals surface area contributed by atoms with E-state index in [1.807, 2.05) is 42.5 Å². The highest BCUT2D eigenvalue weighted by Gasteiger charge is 2.11. The summed E-state index contributed by atoms with van der Waals surface area (Å²) in [5, 5.41) is 4.33. The van der Waals surface area contributed by atoms with Gasteiger partial charge in [0.05, 0.1) is 11.1 Å². The van der Waals surface area contributed by atoms with Crippen LogP contribution in [-0.4, -0.2) is 26.2 Å². The van der Waals surface area contributed by atoms with Crippen molar-refractivity contribution in [3.8, 4) is 17.1 Å². The molecule has 6 nitrogen and oxygen atoms in total. The number of hydrogen-bond donors (Lipinski definition) is 0. The van der Waals surface area contributed by atoms with Gasteiger partial charge in [-0.25, -0.2) is 0 Å². The van der Waals surface area contributed by atoms with E-state index < -0.39 is 0 Å². The van der Waals surface area contributed by atoms with Gasteiger partial charge in [-0.15, -0.1) is 5.10 Å². The van der Waals surface area contributed by atoms with Crippen LogP contribution < -0.4 is 14.8 Å². The maximum atomic E-state index is 12.6.